The standard InChI is InChI=1S/C28H36F3N5O5/c1-15(2)22(24(37)28(29,30)31)33-26(39)21-8-7-13-35(21)27(40)23(16(3)4)34-25(38)20-14-32-36(17(20)5)18-9-11-19(41-6)12-10-18/h9-12,14-16,21-23H,7-8,13H2,1-6H3,(H,33,39)(H,34,38)/t21-,22-,23-/m0/s1. The van der Waals surface area contributed by atoms with E-state index in [1.807, 2.05) is 0 Å². The quantitative estimate of drug-likeness (QED) is 0.446. The summed E-state index contributed by atoms with van der Waals surface area (Å²) in [6.07, 6.45) is -3.06. The first-order chi connectivity index (χ1) is 19.2. The monoisotopic (exact) mass is 579 g/mol. The lowest BCUT2D eigenvalue weighted by Gasteiger charge is -2.31. The lowest BCUT2D eigenvalue weighted by molar-refractivity contribution is -0.175. The third-order valence-electron chi connectivity index (χ3n) is 7.16. The fourth-order valence-corrected chi connectivity index (χ4v) is 4.79. The van der Waals surface area contributed by atoms with E-state index in [-0.39, 0.29) is 24.4 Å². The number of aromatic nitrogens is 2. The number of amides is 3. The molecule has 3 atom stereocenters. The third kappa shape index (κ3) is 7.06. The summed E-state index contributed by atoms with van der Waals surface area (Å²) in [5, 5.41) is 9.27. The van der Waals surface area contributed by atoms with E-state index in [1.54, 1.807) is 56.8 Å². The summed E-state index contributed by atoms with van der Waals surface area (Å²) >= 11 is 0. The number of nitrogens with one attached hydrogen (secondary N) is 2. The maximum absolute atomic E-state index is 13.6. The van der Waals surface area contributed by atoms with Gasteiger partial charge < -0.3 is 20.3 Å². The first-order valence-electron chi connectivity index (χ1n) is 13.4. The summed E-state index contributed by atoms with van der Waals surface area (Å²) in [4.78, 5) is 53.1. The Balaban J connectivity index is 1.76. The highest BCUT2D eigenvalue weighted by Crippen LogP contribution is 2.24. The molecule has 2 aromatic rings. The third-order valence-corrected chi connectivity index (χ3v) is 7.16. The number of hydrogen-bond donors (Lipinski definition) is 2. The van der Waals surface area contributed by atoms with Gasteiger partial charge in [0, 0.05) is 6.54 Å². The Kier molecular flexibility index (Phi) is 9.82. The number of Topliss-reactive ketones (excluding diaryl/α,β-unsaturated/α-hetero) is 1. The van der Waals surface area contributed by atoms with Crippen molar-refractivity contribution in [2.75, 3.05) is 13.7 Å². The molecule has 224 valence electrons. The molecule has 1 aliphatic heterocycles. The average molecular weight is 580 g/mol. The van der Waals surface area contributed by atoms with Crippen molar-refractivity contribution in [3.8, 4) is 11.4 Å². The maximum atomic E-state index is 13.6. The molecule has 0 aliphatic carbocycles. The number of methoxy groups -OCH3 is 1. The molecule has 3 amide bonds. The number of halogens is 3. The van der Waals surface area contributed by atoms with Crippen LogP contribution in [0, 0.1) is 18.8 Å². The molecule has 1 aromatic heterocycles. The molecule has 0 radical (unpaired) electrons. The van der Waals surface area contributed by atoms with E-state index in [2.05, 4.69) is 15.7 Å². The van der Waals surface area contributed by atoms with E-state index in [0.29, 0.717) is 23.6 Å². The number of ketones is 1. The summed E-state index contributed by atoms with van der Waals surface area (Å²) in [5.74, 6) is -4.48. The predicted octanol–water partition coefficient (Wildman–Crippen LogP) is 3.21. The van der Waals surface area contributed by atoms with Gasteiger partial charge in [0.15, 0.2) is 0 Å². The van der Waals surface area contributed by atoms with Crippen molar-refractivity contribution in [2.45, 2.75) is 71.8 Å². The average Bonchev–Trinajstić information content (AvgIpc) is 3.55. The minimum Gasteiger partial charge on any atom is -0.497 e. The van der Waals surface area contributed by atoms with Gasteiger partial charge in [0.25, 0.3) is 11.7 Å². The largest absolute Gasteiger partial charge is 0.497 e. The lowest BCUT2D eigenvalue weighted by atomic mass is 9.98. The van der Waals surface area contributed by atoms with Crippen LogP contribution in [-0.4, -0.2) is 76.1 Å². The van der Waals surface area contributed by atoms with Crippen LogP contribution in [0.2, 0.25) is 0 Å². The number of ether oxygens (including phenoxy) is 1. The van der Waals surface area contributed by atoms with Gasteiger partial charge in [0.2, 0.25) is 11.8 Å². The fourth-order valence-electron chi connectivity index (χ4n) is 4.79. The van der Waals surface area contributed by atoms with Crippen LogP contribution in [0.15, 0.2) is 30.5 Å². The molecule has 0 bridgehead atoms. The fraction of sp³-hybridized carbons (Fsp3) is 0.536. The summed E-state index contributed by atoms with van der Waals surface area (Å²) in [6, 6.07) is 3.23. The van der Waals surface area contributed by atoms with Gasteiger partial charge in [0.1, 0.15) is 17.8 Å². The second-order valence-electron chi connectivity index (χ2n) is 10.7. The Morgan fingerprint density at radius 1 is 1.00 bits per heavy atom. The van der Waals surface area contributed by atoms with Gasteiger partial charge in [-0.15, -0.1) is 0 Å². The second kappa shape index (κ2) is 12.7. The lowest BCUT2D eigenvalue weighted by Crippen LogP contribution is -2.58. The van der Waals surface area contributed by atoms with Crippen molar-refractivity contribution in [1.82, 2.24) is 25.3 Å². The molecule has 0 unspecified atom stereocenters. The van der Waals surface area contributed by atoms with Crippen LogP contribution in [0.4, 0.5) is 13.2 Å². The number of benzene rings is 1. The summed E-state index contributed by atoms with van der Waals surface area (Å²) < 4.78 is 46.0. The molecule has 1 aliphatic rings. The summed E-state index contributed by atoms with van der Waals surface area (Å²) in [6.45, 7) is 8.16. The minimum atomic E-state index is -5.11. The number of alkyl halides is 3. The zero-order valence-corrected chi connectivity index (χ0v) is 23.9. The Bertz CT molecular complexity index is 1270. The highest BCUT2D eigenvalue weighted by molar-refractivity contribution is 6.00. The minimum absolute atomic E-state index is 0.185. The Labute approximate surface area is 236 Å². The van der Waals surface area contributed by atoms with Crippen LogP contribution in [0.3, 0.4) is 0 Å². The van der Waals surface area contributed by atoms with Crippen molar-refractivity contribution in [3.05, 3.63) is 41.7 Å². The summed E-state index contributed by atoms with van der Waals surface area (Å²) in [5.41, 5.74) is 1.49. The molecule has 3 rings (SSSR count). The van der Waals surface area contributed by atoms with Crippen molar-refractivity contribution in [2.24, 2.45) is 11.8 Å². The molecule has 1 saturated heterocycles. The normalized spacial score (nSPS) is 17.0. The SMILES string of the molecule is COc1ccc(-n2ncc(C(=O)N[C@H](C(=O)N3CCC[C@H]3C(=O)N[C@H](C(=O)C(F)(F)F)C(C)C)C(C)C)c2C)cc1. The number of hydrogen-bond acceptors (Lipinski definition) is 6. The van der Waals surface area contributed by atoms with Crippen LogP contribution in [0.25, 0.3) is 5.69 Å². The Morgan fingerprint density at radius 2 is 1.61 bits per heavy atom. The first kappa shape index (κ1) is 31.6. The first-order valence-corrected chi connectivity index (χ1v) is 13.4. The van der Waals surface area contributed by atoms with E-state index in [0.717, 1.165) is 0 Å². The van der Waals surface area contributed by atoms with Gasteiger partial charge in [0.05, 0.1) is 36.3 Å². The molecule has 1 fully saturated rings. The van der Waals surface area contributed by atoms with Crippen molar-refractivity contribution in [1.29, 1.82) is 0 Å². The van der Waals surface area contributed by atoms with Crippen LogP contribution < -0.4 is 15.4 Å². The van der Waals surface area contributed by atoms with Crippen LogP contribution >= 0.6 is 0 Å². The highest BCUT2D eigenvalue weighted by atomic mass is 19.4. The number of rotatable bonds is 10. The van der Waals surface area contributed by atoms with E-state index < -0.39 is 53.7 Å². The second-order valence-corrected chi connectivity index (χ2v) is 10.7. The van der Waals surface area contributed by atoms with Crippen LogP contribution in [0.1, 0.15) is 56.6 Å². The molecule has 0 saturated carbocycles. The maximum Gasteiger partial charge on any atom is 0.452 e. The number of likely N-dealkylation sites (tertiary alicyclic amines) is 1. The molecular formula is C28H36F3N5O5. The van der Waals surface area contributed by atoms with E-state index in [4.69, 9.17) is 4.74 Å². The van der Waals surface area contributed by atoms with Crippen LogP contribution in [0.5, 0.6) is 5.75 Å². The molecule has 2 N–H and O–H groups in total. The molecule has 13 heteroatoms. The van der Waals surface area contributed by atoms with E-state index in [1.165, 1.54) is 24.9 Å². The van der Waals surface area contributed by atoms with Gasteiger partial charge >= 0.3 is 6.18 Å². The van der Waals surface area contributed by atoms with Gasteiger partial charge in [-0.2, -0.15) is 18.3 Å². The van der Waals surface area contributed by atoms with Gasteiger partial charge in [-0.1, -0.05) is 27.7 Å². The van der Waals surface area contributed by atoms with E-state index >= 15 is 0 Å². The number of nitrogens with zero attached hydrogens (tertiary/aromatic N) is 3. The molecule has 2 heterocycles. The van der Waals surface area contributed by atoms with Gasteiger partial charge in [-0.3, -0.25) is 19.2 Å². The Hall–Kier alpha value is -3.90. The zero-order valence-electron chi connectivity index (χ0n) is 23.9. The molecule has 10 nitrogen and oxygen atoms in total. The van der Waals surface area contributed by atoms with Crippen molar-refractivity contribution < 1.29 is 37.1 Å². The molecular weight excluding hydrogens is 543 g/mol. The van der Waals surface area contributed by atoms with E-state index in [9.17, 15) is 32.3 Å². The van der Waals surface area contributed by atoms with Crippen molar-refractivity contribution in [3.63, 3.8) is 0 Å². The predicted molar refractivity (Wildman–Crippen MR) is 144 cm³/mol. The van der Waals surface area contributed by atoms with Gasteiger partial charge in [-0.25, -0.2) is 4.68 Å². The number of carbonyl (C=O) groups is 4. The van der Waals surface area contributed by atoms with Crippen LogP contribution in [-0.2, 0) is 14.4 Å². The zero-order chi connectivity index (χ0) is 30.6. The highest BCUT2D eigenvalue weighted by Gasteiger charge is 2.46. The van der Waals surface area contributed by atoms with Crippen molar-refractivity contribution >= 4 is 23.5 Å². The summed E-state index contributed by atoms with van der Waals surface area (Å²) in [7, 11) is 1.55. The molecule has 41 heavy (non-hydrogen) atoms. The smallest absolute Gasteiger partial charge is 0.452 e. The molecule has 1 aromatic carbocycles. The van der Waals surface area contributed by atoms with Gasteiger partial charge in [-0.05, 0) is 55.9 Å². The molecule has 0 spiro atoms. The topological polar surface area (TPSA) is 123 Å². The Morgan fingerprint density at radius 3 is 2.15 bits per heavy atom. The number of carbonyl (C=O) groups excluding carboxylic acids is 4.